The van der Waals surface area contributed by atoms with Crippen molar-refractivity contribution in [2.24, 2.45) is 16.6 Å². The summed E-state index contributed by atoms with van der Waals surface area (Å²) in [7, 11) is 1.49. The number of nitrogens with two attached hydrogens (primary N) is 2. The molecule has 6 N–H and O–H groups in total. The lowest BCUT2D eigenvalue weighted by Crippen LogP contribution is -2.32. The monoisotopic (exact) mass is 371 g/mol. The molecule has 0 aliphatic rings. The smallest absolute Gasteiger partial charge is 0.321 e. The Bertz CT molecular complexity index is 318. The standard InChI is InChI=1S/C10H21N3O3S2.C2H6.CH2O2/c1-7(11)3-17-4-8(13-16-2)5-18-6-9(12)10(14)15;1-2;2-1-3/h7,9H,3-6,11-12H2,1-2H3,(H,14,15);1-2H3;1H,(H,2,3)/b13-8-;;. The molecule has 0 aromatic carbocycles. The fourth-order valence-corrected chi connectivity index (χ4v) is 2.88. The lowest BCUT2D eigenvalue weighted by atomic mass is 10.4. The maximum Gasteiger partial charge on any atom is 0.321 e. The molecule has 0 rings (SSSR count). The van der Waals surface area contributed by atoms with Gasteiger partial charge in [-0.15, -0.1) is 0 Å². The number of carboxylic acid groups (broad SMARTS) is 2. The molecule has 0 spiro atoms. The van der Waals surface area contributed by atoms with Gasteiger partial charge in [-0.05, 0) is 6.92 Å². The molecule has 23 heavy (non-hydrogen) atoms. The Balaban J connectivity index is -0.000000710. The van der Waals surface area contributed by atoms with Crippen LogP contribution in [0.5, 0.6) is 0 Å². The molecule has 0 amide bonds. The molecule has 2 unspecified atom stereocenters. The molecule has 0 saturated carbocycles. The summed E-state index contributed by atoms with van der Waals surface area (Å²) in [6, 6.07) is -0.692. The van der Waals surface area contributed by atoms with Gasteiger partial charge in [-0.1, -0.05) is 19.0 Å². The molecule has 0 aromatic heterocycles. The second kappa shape index (κ2) is 21.0. The van der Waals surface area contributed by atoms with Gasteiger partial charge in [0.05, 0.1) is 5.71 Å². The molecule has 0 saturated heterocycles. The van der Waals surface area contributed by atoms with Gasteiger partial charge in [-0.25, -0.2) is 0 Å². The quantitative estimate of drug-likeness (QED) is 0.250. The van der Waals surface area contributed by atoms with Crippen molar-refractivity contribution in [3.8, 4) is 0 Å². The van der Waals surface area contributed by atoms with Crippen molar-refractivity contribution < 1.29 is 24.6 Å². The third-order valence-corrected chi connectivity index (χ3v) is 4.18. The van der Waals surface area contributed by atoms with E-state index in [9.17, 15) is 4.79 Å². The Morgan fingerprint density at radius 3 is 2.04 bits per heavy atom. The highest BCUT2D eigenvalue weighted by Crippen LogP contribution is 2.09. The minimum atomic E-state index is -0.987. The summed E-state index contributed by atoms with van der Waals surface area (Å²) >= 11 is 3.11. The predicted molar refractivity (Wildman–Crippen MR) is 98.4 cm³/mol. The number of carbonyl (C=O) groups is 2. The zero-order valence-electron chi connectivity index (χ0n) is 14.1. The van der Waals surface area contributed by atoms with E-state index in [1.807, 2.05) is 20.8 Å². The summed E-state index contributed by atoms with van der Waals surface area (Å²) in [5, 5.41) is 19.4. The van der Waals surface area contributed by atoms with E-state index in [0.717, 1.165) is 17.2 Å². The summed E-state index contributed by atoms with van der Waals surface area (Å²) < 4.78 is 0. The normalized spacial score (nSPS) is 12.7. The third-order valence-electron chi connectivity index (χ3n) is 1.75. The Morgan fingerprint density at radius 2 is 1.70 bits per heavy atom. The lowest BCUT2D eigenvalue weighted by molar-refractivity contribution is -0.137. The summed E-state index contributed by atoms with van der Waals surface area (Å²) in [6.45, 7) is 5.70. The van der Waals surface area contributed by atoms with Crippen molar-refractivity contribution in [1.29, 1.82) is 0 Å². The average molecular weight is 372 g/mol. The number of nitrogens with zero attached hydrogens (tertiary/aromatic N) is 1. The number of hydrogen-bond donors (Lipinski definition) is 4. The van der Waals surface area contributed by atoms with Crippen LogP contribution in [0.25, 0.3) is 0 Å². The van der Waals surface area contributed by atoms with Gasteiger partial charge in [0.25, 0.3) is 6.47 Å². The van der Waals surface area contributed by atoms with Crippen LogP contribution in [0, 0.1) is 0 Å². The summed E-state index contributed by atoms with van der Waals surface area (Å²) in [5.41, 5.74) is 11.9. The first-order chi connectivity index (χ1) is 10.9. The zero-order valence-corrected chi connectivity index (χ0v) is 15.7. The topological polar surface area (TPSA) is 148 Å². The number of carboxylic acids is 1. The van der Waals surface area contributed by atoms with Gasteiger partial charge in [0.2, 0.25) is 0 Å². The minimum Gasteiger partial charge on any atom is -0.483 e. The molecule has 138 valence electrons. The number of aliphatic carboxylic acids is 1. The van der Waals surface area contributed by atoms with Crippen LogP contribution in [0.2, 0.25) is 0 Å². The molecule has 10 heteroatoms. The Hall–Kier alpha value is -0.970. The highest BCUT2D eigenvalue weighted by atomic mass is 32.2. The first kappa shape index (κ1) is 26.9. The van der Waals surface area contributed by atoms with Crippen molar-refractivity contribution in [1.82, 2.24) is 0 Å². The van der Waals surface area contributed by atoms with Crippen LogP contribution in [-0.2, 0) is 14.4 Å². The maximum atomic E-state index is 10.5. The van der Waals surface area contributed by atoms with Crippen molar-refractivity contribution in [2.75, 3.05) is 30.1 Å². The summed E-state index contributed by atoms with van der Waals surface area (Å²) in [6.07, 6.45) is 0. The average Bonchev–Trinajstić information content (AvgIpc) is 2.49. The zero-order chi connectivity index (χ0) is 18.7. The predicted octanol–water partition coefficient (Wildman–Crippen LogP) is 0.941. The second-order valence-corrected chi connectivity index (χ2v) is 5.96. The Morgan fingerprint density at radius 1 is 1.26 bits per heavy atom. The molecule has 0 aromatic rings. The van der Waals surface area contributed by atoms with E-state index >= 15 is 0 Å². The van der Waals surface area contributed by atoms with E-state index < -0.39 is 12.0 Å². The largest absolute Gasteiger partial charge is 0.483 e. The molecule has 0 radical (unpaired) electrons. The van der Waals surface area contributed by atoms with Gasteiger partial charge >= 0.3 is 5.97 Å². The van der Waals surface area contributed by atoms with Crippen molar-refractivity contribution >= 4 is 41.7 Å². The fraction of sp³-hybridized carbons (Fsp3) is 0.769. The van der Waals surface area contributed by atoms with Crippen molar-refractivity contribution in [3.05, 3.63) is 0 Å². The fourth-order valence-electron chi connectivity index (χ4n) is 0.961. The highest BCUT2D eigenvalue weighted by Gasteiger charge is 2.12. The van der Waals surface area contributed by atoms with Gasteiger partial charge in [0.15, 0.2) is 0 Å². The van der Waals surface area contributed by atoms with Gasteiger partial charge in [0.1, 0.15) is 13.2 Å². The molecule has 8 nitrogen and oxygen atoms in total. The van der Waals surface area contributed by atoms with Crippen LogP contribution in [0.15, 0.2) is 5.16 Å². The van der Waals surface area contributed by atoms with Gasteiger partial charge in [0, 0.05) is 29.1 Å². The number of hydrogen-bond acceptors (Lipinski definition) is 8. The first-order valence-electron chi connectivity index (χ1n) is 6.95. The van der Waals surface area contributed by atoms with E-state index in [-0.39, 0.29) is 12.5 Å². The molecular weight excluding hydrogens is 342 g/mol. The summed E-state index contributed by atoms with van der Waals surface area (Å²) in [4.78, 5) is 23.6. The Kier molecular flexibility index (Phi) is 24.6. The van der Waals surface area contributed by atoms with E-state index in [1.54, 1.807) is 11.8 Å². The van der Waals surface area contributed by atoms with Gasteiger partial charge < -0.3 is 26.5 Å². The highest BCUT2D eigenvalue weighted by molar-refractivity contribution is 8.01. The van der Waals surface area contributed by atoms with Gasteiger partial charge in [-0.2, -0.15) is 23.5 Å². The van der Waals surface area contributed by atoms with Crippen LogP contribution in [0.1, 0.15) is 20.8 Å². The number of oxime groups is 1. The molecule has 0 bridgehead atoms. The van der Waals surface area contributed by atoms with Crippen molar-refractivity contribution in [2.45, 2.75) is 32.9 Å². The lowest BCUT2D eigenvalue weighted by Gasteiger charge is -2.09. The van der Waals surface area contributed by atoms with Crippen LogP contribution >= 0.6 is 23.5 Å². The van der Waals surface area contributed by atoms with E-state index in [0.29, 0.717) is 11.5 Å². The molecule has 0 fully saturated rings. The first-order valence-corrected chi connectivity index (χ1v) is 9.26. The number of thioether (sulfide) groups is 2. The molecule has 0 aliphatic heterocycles. The van der Waals surface area contributed by atoms with E-state index in [1.165, 1.54) is 18.9 Å². The maximum absolute atomic E-state index is 10.5. The van der Waals surface area contributed by atoms with Crippen LogP contribution in [0.4, 0.5) is 0 Å². The van der Waals surface area contributed by atoms with Crippen LogP contribution in [0.3, 0.4) is 0 Å². The van der Waals surface area contributed by atoms with Crippen LogP contribution in [-0.4, -0.2) is 70.6 Å². The SMILES string of the molecule is CC.CO/N=C(/CSCC(C)N)CSCC(N)C(=O)O.O=CO. The molecule has 0 heterocycles. The molecule has 2 atom stereocenters. The van der Waals surface area contributed by atoms with Crippen LogP contribution < -0.4 is 11.5 Å². The minimum absolute atomic E-state index is 0.145. The summed E-state index contributed by atoms with van der Waals surface area (Å²) in [5.74, 6) is 1.56. The Labute approximate surface area is 146 Å². The second-order valence-electron chi connectivity index (χ2n) is 3.90. The van der Waals surface area contributed by atoms with E-state index in [4.69, 9.17) is 31.3 Å². The molecule has 0 aliphatic carbocycles. The molecular formula is C13H29N3O5S2. The van der Waals surface area contributed by atoms with Gasteiger partial charge in [-0.3, -0.25) is 9.59 Å². The number of rotatable bonds is 10. The van der Waals surface area contributed by atoms with Crippen molar-refractivity contribution in [3.63, 3.8) is 0 Å². The third kappa shape index (κ3) is 23.4. The van der Waals surface area contributed by atoms with E-state index in [2.05, 4.69) is 5.16 Å².